The van der Waals surface area contributed by atoms with Crippen molar-refractivity contribution in [2.75, 3.05) is 7.11 Å². The number of carbonyl (C=O) groups is 1. The maximum atomic E-state index is 11.3. The summed E-state index contributed by atoms with van der Waals surface area (Å²) in [5.41, 5.74) is 0.986. The largest absolute Gasteiger partial charge is 0.465 e. The third-order valence-corrected chi connectivity index (χ3v) is 2.20. The highest BCUT2D eigenvalue weighted by molar-refractivity contribution is 5.93. The molecular weight excluding hydrogens is 194 g/mol. The maximum Gasteiger partial charge on any atom is 0.338 e. The van der Waals surface area contributed by atoms with E-state index >= 15 is 0 Å². The van der Waals surface area contributed by atoms with E-state index in [0.29, 0.717) is 11.1 Å². The standard InChI is InChI=1S/C11H10NO3/c1-15-11(13)9-5-4-8-3-2-6-12(14)10(8)7-9/h2-7,14H,1H3/q+1. The summed E-state index contributed by atoms with van der Waals surface area (Å²) in [4.78, 5) is 11.3. The first-order chi connectivity index (χ1) is 7.22. The van der Waals surface area contributed by atoms with Crippen molar-refractivity contribution >= 4 is 16.9 Å². The summed E-state index contributed by atoms with van der Waals surface area (Å²) in [5, 5.41) is 10.4. The third kappa shape index (κ3) is 1.61. The van der Waals surface area contributed by atoms with Crippen LogP contribution in [-0.2, 0) is 4.74 Å². The number of rotatable bonds is 1. The van der Waals surface area contributed by atoms with Gasteiger partial charge in [0.1, 0.15) is 0 Å². The van der Waals surface area contributed by atoms with E-state index in [2.05, 4.69) is 4.74 Å². The molecule has 0 radical (unpaired) electrons. The lowest BCUT2D eigenvalue weighted by Crippen LogP contribution is -2.30. The highest BCUT2D eigenvalue weighted by atomic mass is 16.5. The predicted molar refractivity (Wildman–Crippen MR) is 52.7 cm³/mol. The second-order valence-electron chi connectivity index (χ2n) is 3.12. The Morgan fingerprint density at radius 2 is 2.20 bits per heavy atom. The minimum atomic E-state index is -0.416. The van der Waals surface area contributed by atoms with Gasteiger partial charge >= 0.3 is 5.97 Å². The molecular formula is C11H10NO3+. The van der Waals surface area contributed by atoms with Crippen LogP contribution in [-0.4, -0.2) is 18.3 Å². The van der Waals surface area contributed by atoms with E-state index in [4.69, 9.17) is 0 Å². The van der Waals surface area contributed by atoms with Gasteiger partial charge in [0.25, 0.3) is 5.52 Å². The van der Waals surface area contributed by atoms with Crippen molar-refractivity contribution in [3.05, 3.63) is 42.1 Å². The van der Waals surface area contributed by atoms with E-state index in [-0.39, 0.29) is 0 Å². The fourth-order valence-electron chi connectivity index (χ4n) is 1.44. The summed E-state index contributed by atoms with van der Waals surface area (Å²) in [7, 11) is 1.32. The van der Waals surface area contributed by atoms with E-state index in [0.717, 1.165) is 10.1 Å². The van der Waals surface area contributed by atoms with E-state index in [1.54, 1.807) is 24.3 Å². The van der Waals surface area contributed by atoms with Gasteiger partial charge in [0.15, 0.2) is 0 Å². The lowest BCUT2D eigenvalue weighted by Gasteiger charge is -1.98. The molecule has 76 valence electrons. The molecule has 1 aromatic carbocycles. The summed E-state index contributed by atoms with van der Waals surface area (Å²) in [5.74, 6) is -0.416. The van der Waals surface area contributed by atoms with E-state index in [1.165, 1.54) is 13.3 Å². The average molecular weight is 204 g/mol. The Kier molecular flexibility index (Phi) is 2.25. The molecule has 0 aliphatic carbocycles. The van der Waals surface area contributed by atoms with Crippen molar-refractivity contribution < 1.29 is 19.5 Å². The maximum absolute atomic E-state index is 11.3. The molecule has 4 nitrogen and oxygen atoms in total. The molecule has 2 aromatic rings. The number of aromatic nitrogens is 1. The van der Waals surface area contributed by atoms with Crippen LogP contribution in [0.25, 0.3) is 10.9 Å². The molecule has 4 heteroatoms. The van der Waals surface area contributed by atoms with Crippen LogP contribution in [0.3, 0.4) is 0 Å². The number of pyridine rings is 1. The zero-order valence-electron chi connectivity index (χ0n) is 8.18. The number of methoxy groups -OCH3 is 1. The molecule has 1 heterocycles. The molecule has 0 aliphatic heterocycles. The second-order valence-corrected chi connectivity index (χ2v) is 3.12. The Balaban J connectivity index is 2.64. The fraction of sp³-hybridized carbons (Fsp3) is 0.0909. The van der Waals surface area contributed by atoms with Gasteiger partial charge in [-0.2, -0.15) is 0 Å². The molecule has 2 rings (SSSR count). The van der Waals surface area contributed by atoms with Gasteiger partial charge in [-0.05, 0) is 18.2 Å². The molecule has 0 unspecified atom stereocenters. The van der Waals surface area contributed by atoms with E-state index in [1.807, 2.05) is 6.07 Å². The summed E-state index contributed by atoms with van der Waals surface area (Å²) in [6, 6.07) is 8.58. The van der Waals surface area contributed by atoms with Crippen LogP contribution in [0.15, 0.2) is 36.5 Å². The fourth-order valence-corrected chi connectivity index (χ4v) is 1.44. The number of ether oxygens (including phenoxy) is 1. The second kappa shape index (κ2) is 3.57. The molecule has 1 N–H and O–H groups in total. The first kappa shape index (κ1) is 9.45. The lowest BCUT2D eigenvalue weighted by atomic mass is 10.1. The van der Waals surface area contributed by atoms with E-state index in [9.17, 15) is 10.0 Å². The molecule has 0 atom stereocenters. The summed E-state index contributed by atoms with van der Waals surface area (Å²) in [6.45, 7) is 0. The molecule has 1 aromatic heterocycles. The highest BCUT2D eigenvalue weighted by Crippen LogP contribution is 2.12. The van der Waals surface area contributed by atoms with Crippen LogP contribution in [0.5, 0.6) is 0 Å². The molecule has 15 heavy (non-hydrogen) atoms. The monoisotopic (exact) mass is 204 g/mol. The zero-order chi connectivity index (χ0) is 10.8. The minimum absolute atomic E-state index is 0.416. The van der Waals surface area contributed by atoms with Gasteiger partial charge in [0, 0.05) is 16.9 Å². The Labute approximate surface area is 86.3 Å². The molecule has 0 spiro atoms. The SMILES string of the molecule is COC(=O)c1ccc2ccc[n+](O)c2c1. The Hall–Kier alpha value is -2.10. The van der Waals surface area contributed by atoms with Crippen LogP contribution in [0.4, 0.5) is 0 Å². The van der Waals surface area contributed by atoms with Gasteiger partial charge in [-0.15, -0.1) is 0 Å². The lowest BCUT2D eigenvalue weighted by molar-refractivity contribution is -0.884. The van der Waals surface area contributed by atoms with Crippen LogP contribution in [0.2, 0.25) is 0 Å². The summed E-state index contributed by atoms with van der Waals surface area (Å²) in [6.07, 6.45) is 1.50. The number of carbonyl (C=O) groups excluding carboxylic acids is 1. The van der Waals surface area contributed by atoms with Crippen LogP contribution in [0.1, 0.15) is 10.4 Å². The number of hydrogen-bond donors (Lipinski definition) is 1. The van der Waals surface area contributed by atoms with Gasteiger partial charge < -0.3 is 4.74 Å². The predicted octanol–water partition coefficient (Wildman–Crippen LogP) is 1.15. The van der Waals surface area contributed by atoms with Gasteiger partial charge in [0.2, 0.25) is 6.20 Å². The smallest absolute Gasteiger partial charge is 0.338 e. The normalized spacial score (nSPS) is 10.2. The van der Waals surface area contributed by atoms with Crippen molar-refractivity contribution in [2.45, 2.75) is 0 Å². The van der Waals surface area contributed by atoms with Gasteiger partial charge in [0.05, 0.1) is 18.1 Å². The Morgan fingerprint density at radius 3 is 2.93 bits per heavy atom. The van der Waals surface area contributed by atoms with Gasteiger partial charge in [-0.1, -0.05) is 0 Å². The number of benzene rings is 1. The number of esters is 1. The Morgan fingerprint density at radius 1 is 1.40 bits per heavy atom. The first-order valence-corrected chi connectivity index (χ1v) is 4.44. The van der Waals surface area contributed by atoms with Gasteiger partial charge in [-0.25, -0.2) is 4.79 Å². The van der Waals surface area contributed by atoms with Crippen LogP contribution < -0.4 is 4.73 Å². The van der Waals surface area contributed by atoms with Crippen molar-refractivity contribution in [3.8, 4) is 0 Å². The van der Waals surface area contributed by atoms with Crippen molar-refractivity contribution in [1.29, 1.82) is 0 Å². The average Bonchev–Trinajstić information content (AvgIpc) is 2.28. The number of nitrogens with zero attached hydrogens (tertiary/aromatic N) is 1. The third-order valence-electron chi connectivity index (χ3n) is 2.20. The first-order valence-electron chi connectivity index (χ1n) is 4.44. The Bertz CT molecular complexity index is 522. The molecule has 0 saturated carbocycles. The summed E-state index contributed by atoms with van der Waals surface area (Å²) < 4.78 is 5.57. The highest BCUT2D eigenvalue weighted by Gasteiger charge is 2.12. The molecule has 0 saturated heterocycles. The number of hydrogen-bond acceptors (Lipinski definition) is 3. The zero-order valence-corrected chi connectivity index (χ0v) is 8.18. The number of fused-ring (bicyclic) bond motifs is 1. The van der Waals surface area contributed by atoms with Gasteiger partial charge in [-0.3, -0.25) is 5.21 Å². The van der Waals surface area contributed by atoms with Crippen molar-refractivity contribution in [3.63, 3.8) is 0 Å². The summed E-state index contributed by atoms with van der Waals surface area (Å²) >= 11 is 0. The van der Waals surface area contributed by atoms with Crippen LogP contribution in [0, 0.1) is 0 Å². The molecule has 0 bridgehead atoms. The minimum Gasteiger partial charge on any atom is -0.465 e. The topological polar surface area (TPSA) is 50.4 Å². The molecule has 0 fully saturated rings. The van der Waals surface area contributed by atoms with E-state index < -0.39 is 5.97 Å². The van der Waals surface area contributed by atoms with Crippen molar-refractivity contribution in [1.82, 2.24) is 0 Å². The molecule has 0 amide bonds. The quantitative estimate of drug-likeness (QED) is 0.430. The van der Waals surface area contributed by atoms with Crippen LogP contribution >= 0.6 is 0 Å². The van der Waals surface area contributed by atoms with Crippen molar-refractivity contribution in [2.24, 2.45) is 0 Å². The molecule has 0 aliphatic rings.